The Morgan fingerprint density at radius 1 is 1.15 bits per heavy atom. The molecule has 2 unspecified atom stereocenters. The van der Waals surface area contributed by atoms with Crippen molar-refractivity contribution < 1.29 is 9.53 Å². The predicted molar refractivity (Wildman–Crippen MR) is 108 cm³/mol. The lowest BCUT2D eigenvalue weighted by molar-refractivity contribution is -0.137. The summed E-state index contributed by atoms with van der Waals surface area (Å²) in [6.07, 6.45) is 3.88. The van der Waals surface area contributed by atoms with Crippen LogP contribution in [0.5, 0.6) is 5.75 Å². The van der Waals surface area contributed by atoms with Gasteiger partial charge >= 0.3 is 0 Å². The standard InChI is InChI=1S/C22H23ClN2O2/c1-25-21(26)20(15-10-12-16(27-2)13-11-15)24-19-9-5-6-14-22(19,25)17-7-3-4-8-18(17)23/h3-4,7-8,10-13,20H,5-6,9,14H2,1-2H3. The summed E-state index contributed by atoms with van der Waals surface area (Å²) in [5.41, 5.74) is 2.40. The maximum absolute atomic E-state index is 13.4. The SMILES string of the molecule is COc1ccc(C2N=C3CCCCC3(c3ccccc3Cl)N(C)C2=O)cc1. The van der Waals surface area contributed by atoms with Gasteiger partial charge in [-0.05, 0) is 49.4 Å². The van der Waals surface area contributed by atoms with Crippen LogP contribution >= 0.6 is 11.6 Å². The Morgan fingerprint density at radius 3 is 2.59 bits per heavy atom. The number of rotatable bonds is 3. The lowest BCUT2D eigenvalue weighted by atomic mass is 9.72. The average Bonchev–Trinajstić information content (AvgIpc) is 2.71. The molecule has 2 aromatic carbocycles. The van der Waals surface area contributed by atoms with E-state index in [1.54, 1.807) is 7.11 Å². The second-order valence-electron chi connectivity index (χ2n) is 7.20. The lowest BCUT2D eigenvalue weighted by Gasteiger charge is -2.50. The van der Waals surface area contributed by atoms with Crippen LogP contribution in [0.4, 0.5) is 0 Å². The van der Waals surface area contributed by atoms with Gasteiger partial charge < -0.3 is 9.64 Å². The molecule has 0 radical (unpaired) electrons. The third-order valence-corrected chi connectivity index (χ3v) is 6.18. The summed E-state index contributed by atoms with van der Waals surface area (Å²) in [6.45, 7) is 0. The molecule has 0 saturated heterocycles. The molecule has 0 aromatic heterocycles. The molecule has 1 aliphatic carbocycles. The largest absolute Gasteiger partial charge is 0.497 e. The van der Waals surface area contributed by atoms with E-state index in [2.05, 4.69) is 0 Å². The topological polar surface area (TPSA) is 41.9 Å². The van der Waals surface area contributed by atoms with E-state index in [4.69, 9.17) is 21.3 Å². The molecule has 1 saturated carbocycles. The van der Waals surface area contributed by atoms with E-state index in [-0.39, 0.29) is 5.91 Å². The van der Waals surface area contributed by atoms with E-state index in [1.165, 1.54) is 0 Å². The molecular weight excluding hydrogens is 360 g/mol. The Balaban J connectivity index is 1.84. The Kier molecular flexibility index (Phi) is 4.68. The van der Waals surface area contributed by atoms with Crippen LogP contribution in [0.15, 0.2) is 53.5 Å². The van der Waals surface area contributed by atoms with E-state index in [0.717, 1.165) is 48.3 Å². The number of ether oxygens (including phenoxy) is 1. The number of hydrogen-bond donors (Lipinski definition) is 0. The number of carbonyl (C=O) groups excluding carboxylic acids is 1. The maximum Gasteiger partial charge on any atom is 0.252 e. The summed E-state index contributed by atoms with van der Waals surface area (Å²) in [5.74, 6) is 0.775. The fourth-order valence-electron chi connectivity index (χ4n) is 4.41. The highest BCUT2D eigenvalue weighted by molar-refractivity contribution is 6.32. The molecule has 140 valence electrons. The molecule has 2 aromatic rings. The minimum atomic E-state index is -0.531. The summed E-state index contributed by atoms with van der Waals surface area (Å²) in [7, 11) is 3.52. The second-order valence-corrected chi connectivity index (χ2v) is 7.60. The Labute approximate surface area is 164 Å². The van der Waals surface area contributed by atoms with Crippen molar-refractivity contribution in [2.75, 3.05) is 14.2 Å². The predicted octanol–water partition coefficient (Wildman–Crippen LogP) is 4.77. The van der Waals surface area contributed by atoms with Crippen molar-refractivity contribution in [2.24, 2.45) is 4.99 Å². The quantitative estimate of drug-likeness (QED) is 0.767. The molecule has 1 heterocycles. The smallest absolute Gasteiger partial charge is 0.252 e. The number of halogens is 1. The number of hydrogen-bond acceptors (Lipinski definition) is 3. The fraction of sp³-hybridized carbons (Fsp3) is 0.364. The lowest BCUT2D eigenvalue weighted by Crippen LogP contribution is -2.58. The Hall–Kier alpha value is -2.33. The first-order valence-corrected chi connectivity index (χ1v) is 9.69. The third-order valence-electron chi connectivity index (χ3n) is 5.85. The highest BCUT2D eigenvalue weighted by atomic mass is 35.5. The summed E-state index contributed by atoms with van der Waals surface area (Å²) < 4.78 is 5.23. The van der Waals surface area contributed by atoms with Crippen molar-refractivity contribution in [1.82, 2.24) is 4.90 Å². The van der Waals surface area contributed by atoms with Crippen molar-refractivity contribution in [2.45, 2.75) is 37.3 Å². The molecule has 2 aliphatic rings. The van der Waals surface area contributed by atoms with Crippen LogP contribution in [-0.4, -0.2) is 30.7 Å². The number of aliphatic imine (C=N–C) groups is 1. The third kappa shape index (κ3) is 2.83. The van der Waals surface area contributed by atoms with Crippen LogP contribution in [0.3, 0.4) is 0 Å². The Morgan fingerprint density at radius 2 is 1.89 bits per heavy atom. The first-order valence-electron chi connectivity index (χ1n) is 9.31. The number of likely N-dealkylation sites (N-methyl/N-ethyl adjacent to an activating group) is 1. The number of fused-ring (bicyclic) bond motifs is 1. The fourth-order valence-corrected chi connectivity index (χ4v) is 4.70. The minimum absolute atomic E-state index is 0.00531. The van der Waals surface area contributed by atoms with E-state index in [1.807, 2.05) is 60.5 Å². The van der Waals surface area contributed by atoms with Crippen LogP contribution in [0.1, 0.15) is 42.9 Å². The van der Waals surface area contributed by atoms with Gasteiger partial charge in [0, 0.05) is 23.3 Å². The zero-order valence-electron chi connectivity index (χ0n) is 15.6. The van der Waals surface area contributed by atoms with Crippen molar-refractivity contribution in [3.8, 4) is 5.75 Å². The molecule has 27 heavy (non-hydrogen) atoms. The molecular formula is C22H23ClN2O2. The maximum atomic E-state index is 13.4. The highest BCUT2D eigenvalue weighted by Gasteiger charge is 2.50. The molecule has 2 atom stereocenters. The van der Waals surface area contributed by atoms with Crippen LogP contribution < -0.4 is 4.74 Å². The van der Waals surface area contributed by atoms with E-state index < -0.39 is 11.6 Å². The van der Waals surface area contributed by atoms with Gasteiger partial charge in [0.25, 0.3) is 5.91 Å². The zero-order chi connectivity index (χ0) is 19.0. The minimum Gasteiger partial charge on any atom is -0.497 e. The summed E-state index contributed by atoms with van der Waals surface area (Å²) in [5, 5.41) is 0.689. The van der Waals surface area contributed by atoms with Crippen LogP contribution in [-0.2, 0) is 10.3 Å². The highest BCUT2D eigenvalue weighted by Crippen LogP contribution is 2.47. The van der Waals surface area contributed by atoms with Crippen molar-refractivity contribution in [3.05, 3.63) is 64.7 Å². The van der Waals surface area contributed by atoms with Gasteiger partial charge in [-0.25, -0.2) is 0 Å². The van der Waals surface area contributed by atoms with Gasteiger partial charge in [-0.2, -0.15) is 0 Å². The van der Waals surface area contributed by atoms with Gasteiger partial charge in [0.1, 0.15) is 11.3 Å². The number of carbonyl (C=O) groups is 1. The number of benzene rings is 2. The van der Waals surface area contributed by atoms with Crippen LogP contribution in [0, 0.1) is 0 Å². The van der Waals surface area contributed by atoms with Crippen molar-refractivity contribution in [1.29, 1.82) is 0 Å². The van der Waals surface area contributed by atoms with Gasteiger partial charge in [-0.15, -0.1) is 0 Å². The number of amides is 1. The molecule has 1 fully saturated rings. The van der Waals surface area contributed by atoms with Crippen molar-refractivity contribution in [3.63, 3.8) is 0 Å². The van der Waals surface area contributed by atoms with Gasteiger partial charge in [-0.3, -0.25) is 9.79 Å². The summed E-state index contributed by atoms with van der Waals surface area (Å²) in [6, 6.07) is 14.9. The molecule has 0 N–H and O–H groups in total. The average molecular weight is 383 g/mol. The molecule has 0 spiro atoms. The molecule has 4 rings (SSSR count). The second kappa shape index (κ2) is 7.01. The molecule has 1 amide bonds. The zero-order valence-corrected chi connectivity index (χ0v) is 16.4. The van der Waals surface area contributed by atoms with E-state index >= 15 is 0 Å². The number of nitrogens with zero attached hydrogens (tertiary/aromatic N) is 2. The van der Waals surface area contributed by atoms with Gasteiger partial charge in [-0.1, -0.05) is 41.9 Å². The molecule has 1 aliphatic heterocycles. The molecule has 5 heteroatoms. The first kappa shape index (κ1) is 18.1. The number of methoxy groups -OCH3 is 1. The van der Waals surface area contributed by atoms with Gasteiger partial charge in [0.2, 0.25) is 0 Å². The van der Waals surface area contributed by atoms with Crippen LogP contribution in [0.2, 0.25) is 5.02 Å². The van der Waals surface area contributed by atoms with E-state index in [9.17, 15) is 4.79 Å². The molecule has 0 bridgehead atoms. The molecule has 4 nitrogen and oxygen atoms in total. The van der Waals surface area contributed by atoms with E-state index in [0.29, 0.717) is 5.02 Å². The van der Waals surface area contributed by atoms with Gasteiger partial charge in [0.05, 0.1) is 7.11 Å². The van der Waals surface area contributed by atoms with Crippen LogP contribution in [0.25, 0.3) is 0 Å². The summed E-state index contributed by atoms with van der Waals surface area (Å²) >= 11 is 6.57. The van der Waals surface area contributed by atoms with Gasteiger partial charge in [0.15, 0.2) is 6.04 Å². The normalized spacial score (nSPS) is 25.0. The monoisotopic (exact) mass is 382 g/mol. The Bertz CT molecular complexity index is 893. The first-order chi connectivity index (χ1) is 13.1. The van der Waals surface area contributed by atoms with Crippen molar-refractivity contribution >= 4 is 23.2 Å². The summed E-state index contributed by atoms with van der Waals surface area (Å²) in [4.78, 5) is 20.2.